The van der Waals surface area contributed by atoms with Crippen molar-refractivity contribution in [1.29, 1.82) is 0 Å². The summed E-state index contributed by atoms with van der Waals surface area (Å²) in [7, 11) is 5.52. The molecular weight excluding hydrogens is 674 g/mol. The van der Waals surface area contributed by atoms with Gasteiger partial charge in [0.15, 0.2) is 12.6 Å². The average molecular weight is 740 g/mol. The van der Waals surface area contributed by atoms with Gasteiger partial charge in [-0.15, -0.1) is 0 Å². The van der Waals surface area contributed by atoms with Gasteiger partial charge in [0.25, 0.3) is 5.91 Å². The highest BCUT2D eigenvalue weighted by molar-refractivity contribution is 6.02. The first-order valence-electron chi connectivity index (χ1n) is 18.5. The molecule has 15 atom stereocenters. The van der Waals surface area contributed by atoms with Crippen molar-refractivity contribution in [3.63, 3.8) is 0 Å². The van der Waals surface area contributed by atoms with Crippen LogP contribution in [0.2, 0.25) is 0 Å². The summed E-state index contributed by atoms with van der Waals surface area (Å²) in [6, 6.07) is 7.26. The molecule has 14 heteroatoms. The number of imide groups is 1. The van der Waals surface area contributed by atoms with Crippen molar-refractivity contribution in [2.75, 3.05) is 27.7 Å². The molecule has 2 heterocycles. The summed E-state index contributed by atoms with van der Waals surface area (Å²) in [6.07, 6.45) is -9.17. The van der Waals surface area contributed by atoms with Crippen LogP contribution in [-0.4, -0.2) is 148 Å². The molecule has 0 spiro atoms. The van der Waals surface area contributed by atoms with Gasteiger partial charge in [-0.1, -0.05) is 45.9 Å². The number of carbonyl (C=O) groups excluding carboxylic acids is 2. The smallest absolute Gasteiger partial charge is 0.414 e. The Morgan fingerprint density at radius 1 is 1.00 bits per heavy atom. The quantitative estimate of drug-likeness (QED) is 0.250. The van der Waals surface area contributed by atoms with Gasteiger partial charge in [0.05, 0.1) is 23.9 Å². The molecule has 2 aliphatic rings. The summed E-state index contributed by atoms with van der Waals surface area (Å²) in [6.45, 7) is 14.1. The van der Waals surface area contributed by atoms with Gasteiger partial charge in [0, 0.05) is 36.0 Å². The maximum atomic E-state index is 13.4. The SMILES string of the molecule is CC[C@H]1OC(O)[C@H](C)[C@@H](OC(=O)NC(=O)c2ccccc2)[C@H](C)[C@@H](O[C@@H]2O[C@H](C)C[C@H](N(C)C)[C@H]2O)[C@](C)(O)C[C@@H](C)CN(C)[C@H](C)[C@@H](O)[C@]1(C)O. The first-order valence-corrected chi connectivity index (χ1v) is 18.5. The minimum Gasteiger partial charge on any atom is -0.445 e. The highest BCUT2D eigenvalue weighted by Crippen LogP contribution is 2.38. The lowest BCUT2D eigenvalue weighted by molar-refractivity contribution is -0.301. The molecule has 298 valence electrons. The van der Waals surface area contributed by atoms with Crippen LogP contribution in [0.4, 0.5) is 4.79 Å². The minimum atomic E-state index is -1.81. The van der Waals surface area contributed by atoms with Crippen LogP contribution in [0.3, 0.4) is 0 Å². The van der Waals surface area contributed by atoms with Crippen molar-refractivity contribution in [1.82, 2.24) is 15.1 Å². The van der Waals surface area contributed by atoms with Crippen LogP contribution in [0.5, 0.6) is 0 Å². The average Bonchev–Trinajstić information content (AvgIpc) is 3.07. The number of ether oxygens (including phenoxy) is 4. The van der Waals surface area contributed by atoms with Gasteiger partial charge in [-0.2, -0.15) is 0 Å². The highest BCUT2D eigenvalue weighted by atomic mass is 16.7. The molecule has 2 saturated heterocycles. The lowest BCUT2D eigenvalue weighted by Gasteiger charge is -2.47. The van der Waals surface area contributed by atoms with Crippen LogP contribution in [0.15, 0.2) is 30.3 Å². The summed E-state index contributed by atoms with van der Waals surface area (Å²) in [5, 5.41) is 60.8. The summed E-state index contributed by atoms with van der Waals surface area (Å²) in [5.41, 5.74) is -3.22. The molecule has 0 radical (unpaired) electrons. The Labute approximate surface area is 309 Å². The maximum absolute atomic E-state index is 13.4. The van der Waals surface area contributed by atoms with E-state index in [0.717, 1.165) is 0 Å². The van der Waals surface area contributed by atoms with Crippen molar-refractivity contribution in [2.45, 2.75) is 147 Å². The van der Waals surface area contributed by atoms with E-state index in [1.54, 1.807) is 65.0 Å². The summed E-state index contributed by atoms with van der Waals surface area (Å²) >= 11 is 0. The number of amides is 2. The first-order chi connectivity index (χ1) is 24.1. The fourth-order valence-electron chi connectivity index (χ4n) is 7.97. The Morgan fingerprint density at radius 2 is 1.62 bits per heavy atom. The molecule has 2 aliphatic heterocycles. The molecule has 0 bridgehead atoms. The highest BCUT2D eigenvalue weighted by Gasteiger charge is 2.50. The lowest BCUT2D eigenvalue weighted by atomic mass is 9.77. The van der Waals surface area contributed by atoms with Crippen molar-refractivity contribution in [3.05, 3.63) is 35.9 Å². The van der Waals surface area contributed by atoms with Gasteiger partial charge in [0.2, 0.25) is 0 Å². The van der Waals surface area contributed by atoms with E-state index < -0.39 is 84.2 Å². The molecule has 1 unspecified atom stereocenters. The number of benzene rings is 1. The molecule has 3 rings (SSSR count). The third-order valence-corrected chi connectivity index (χ3v) is 11.1. The van der Waals surface area contributed by atoms with Crippen LogP contribution in [0, 0.1) is 17.8 Å². The number of nitrogens with one attached hydrogen (secondary N) is 1. The number of nitrogens with zero attached hydrogens (tertiary/aromatic N) is 2. The predicted octanol–water partition coefficient (Wildman–Crippen LogP) is 2.34. The lowest BCUT2D eigenvalue weighted by Crippen LogP contribution is -2.60. The minimum absolute atomic E-state index is 0.164. The molecule has 0 saturated carbocycles. The Hall–Kier alpha value is -2.24. The standard InChI is InChI=1S/C38H65N3O11/c1-12-28-38(8,48)31(43)25(6)41(11)20-21(2)19-37(7,47)32(52-35-29(42)27(40(9)10)18-22(3)49-35)23(4)30(24(5)34(45)50-28)51-36(46)39-33(44)26-16-14-13-15-17-26/h13-17,21-25,27-32,34-35,42-43,45,47-48H,12,18-20H2,1-11H3,(H,39,44,46)/t21-,22-,23+,24-,25-,27+,28-,29-,30+,31-,32-,34?,35+,37-,38-/m1/s1. The second-order valence-corrected chi connectivity index (χ2v) is 16.0. The molecular formula is C38H65N3O11. The number of rotatable bonds is 6. The molecule has 52 heavy (non-hydrogen) atoms. The number of carbonyl (C=O) groups is 2. The van der Waals surface area contributed by atoms with Gasteiger partial charge in [-0.25, -0.2) is 4.79 Å². The van der Waals surface area contributed by atoms with Gasteiger partial charge in [0.1, 0.15) is 23.9 Å². The second-order valence-electron chi connectivity index (χ2n) is 16.0. The number of hydrogen-bond donors (Lipinski definition) is 6. The van der Waals surface area contributed by atoms with E-state index in [1.165, 1.54) is 6.92 Å². The van der Waals surface area contributed by atoms with E-state index in [4.69, 9.17) is 18.9 Å². The Bertz CT molecular complexity index is 1280. The molecule has 2 amide bonds. The van der Waals surface area contributed by atoms with Gasteiger partial charge < -0.3 is 54.3 Å². The largest absolute Gasteiger partial charge is 0.445 e. The normalized spacial score (nSPS) is 41.8. The molecule has 0 aliphatic carbocycles. The Balaban J connectivity index is 2.13. The van der Waals surface area contributed by atoms with Crippen molar-refractivity contribution < 1.29 is 54.1 Å². The van der Waals surface area contributed by atoms with Crippen LogP contribution in [-0.2, 0) is 18.9 Å². The van der Waals surface area contributed by atoms with Gasteiger partial charge in [-0.05, 0) is 86.2 Å². The number of aliphatic hydroxyl groups excluding tert-OH is 3. The van der Waals surface area contributed by atoms with Gasteiger partial charge in [-0.3, -0.25) is 10.1 Å². The molecule has 1 aromatic rings. The Kier molecular flexibility index (Phi) is 15.6. The topological polar surface area (TPSA) is 191 Å². The van der Waals surface area contributed by atoms with E-state index in [2.05, 4.69) is 5.32 Å². The third-order valence-electron chi connectivity index (χ3n) is 11.1. The number of alkyl carbamates (subject to hydrolysis) is 1. The molecule has 2 fully saturated rings. The predicted molar refractivity (Wildman–Crippen MR) is 194 cm³/mol. The fraction of sp³-hybridized carbons (Fsp3) is 0.789. The zero-order valence-electron chi connectivity index (χ0n) is 32.8. The fourth-order valence-corrected chi connectivity index (χ4v) is 7.97. The third kappa shape index (κ3) is 10.7. The van der Waals surface area contributed by atoms with E-state index in [0.29, 0.717) is 13.0 Å². The molecule has 6 N–H and O–H groups in total. The number of hydrogen-bond acceptors (Lipinski definition) is 13. The zero-order chi connectivity index (χ0) is 39.3. The summed E-state index contributed by atoms with van der Waals surface area (Å²) in [4.78, 5) is 30.2. The van der Waals surface area contributed by atoms with Gasteiger partial charge >= 0.3 is 6.09 Å². The van der Waals surface area contributed by atoms with Crippen LogP contribution in [0.25, 0.3) is 0 Å². The number of aliphatic hydroxyl groups is 5. The Morgan fingerprint density at radius 3 is 2.19 bits per heavy atom. The summed E-state index contributed by atoms with van der Waals surface area (Å²) < 4.78 is 24.7. The van der Waals surface area contributed by atoms with E-state index in [-0.39, 0.29) is 36.5 Å². The molecule has 0 aromatic heterocycles. The van der Waals surface area contributed by atoms with Crippen molar-refractivity contribution in [2.24, 2.45) is 17.8 Å². The first kappa shape index (κ1) is 44.2. The van der Waals surface area contributed by atoms with Crippen LogP contribution in [0.1, 0.15) is 85.0 Å². The zero-order valence-corrected chi connectivity index (χ0v) is 32.8. The van der Waals surface area contributed by atoms with Crippen LogP contribution >= 0.6 is 0 Å². The van der Waals surface area contributed by atoms with E-state index >= 15 is 0 Å². The van der Waals surface area contributed by atoms with Crippen LogP contribution < -0.4 is 5.32 Å². The van der Waals surface area contributed by atoms with E-state index in [9.17, 15) is 35.1 Å². The van der Waals surface area contributed by atoms with Crippen molar-refractivity contribution >= 4 is 12.0 Å². The summed E-state index contributed by atoms with van der Waals surface area (Å²) in [5.74, 6) is -2.84. The second kappa shape index (κ2) is 18.4. The molecule has 14 nitrogen and oxygen atoms in total. The van der Waals surface area contributed by atoms with Crippen molar-refractivity contribution in [3.8, 4) is 0 Å². The molecule has 1 aromatic carbocycles. The number of likely N-dealkylation sites (N-methyl/N-ethyl adjacent to an activating group) is 2. The van der Waals surface area contributed by atoms with E-state index in [1.807, 2.05) is 44.8 Å². The maximum Gasteiger partial charge on any atom is 0.414 e. The monoisotopic (exact) mass is 739 g/mol.